The minimum Gasteiger partial charge on any atom is -0.463 e. The Morgan fingerprint density at radius 3 is 1.94 bits per heavy atom. The second kappa shape index (κ2) is 12.2. The van der Waals surface area contributed by atoms with Crippen molar-refractivity contribution in [2.75, 3.05) is 6.61 Å². The number of hydrogen-bond acceptors (Lipinski definition) is 6. The summed E-state index contributed by atoms with van der Waals surface area (Å²) in [6.07, 6.45) is 6.83. The van der Waals surface area contributed by atoms with Gasteiger partial charge in [0.1, 0.15) is 31.0 Å². The van der Waals surface area contributed by atoms with E-state index >= 15 is 0 Å². The first kappa shape index (κ1) is 25.3. The summed E-state index contributed by atoms with van der Waals surface area (Å²) in [6, 6.07) is 7.63. The highest BCUT2D eigenvalue weighted by Crippen LogP contribution is 2.20. The molecule has 0 saturated carbocycles. The van der Waals surface area contributed by atoms with Gasteiger partial charge in [0.05, 0.1) is 6.10 Å². The van der Waals surface area contributed by atoms with Gasteiger partial charge in [0.25, 0.3) is 0 Å². The van der Waals surface area contributed by atoms with Crippen molar-refractivity contribution in [2.45, 2.75) is 64.6 Å². The van der Waals surface area contributed by atoms with E-state index in [4.69, 9.17) is 18.9 Å². The van der Waals surface area contributed by atoms with E-state index in [1.54, 1.807) is 12.2 Å². The van der Waals surface area contributed by atoms with Crippen molar-refractivity contribution in [3.05, 3.63) is 59.7 Å². The van der Waals surface area contributed by atoms with Gasteiger partial charge in [0.15, 0.2) is 0 Å². The Labute approximate surface area is 201 Å². The van der Waals surface area contributed by atoms with Crippen LogP contribution in [0.4, 0.5) is 0 Å². The molecule has 0 N–H and O–H groups in total. The fourth-order valence-electron chi connectivity index (χ4n) is 3.62. The summed E-state index contributed by atoms with van der Waals surface area (Å²) in [4.78, 5) is 22.5. The van der Waals surface area contributed by atoms with Crippen molar-refractivity contribution in [1.82, 2.24) is 0 Å². The Kier molecular flexibility index (Phi) is 9.10. The average Bonchev–Trinajstić information content (AvgIpc) is 2.82. The summed E-state index contributed by atoms with van der Waals surface area (Å²) < 4.78 is 22.1. The molecule has 0 aromatic heterocycles. The molecule has 0 fully saturated rings. The molecule has 34 heavy (non-hydrogen) atoms. The zero-order valence-electron chi connectivity index (χ0n) is 19.9. The summed E-state index contributed by atoms with van der Waals surface area (Å²) in [5.41, 5.74) is 1.70. The van der Waals surface area contributed by atoms with Crippen LogP contribution in [0.15, 0.2) is 48.6 Å². The lowest BCUT2D eigenvalue weighted by Gasteiger charge is -2.29. The summed E-state index contributed by atoms with van der Waals surface area (Å²) in [7, 11) is 0. The third kappa shape index (κ3) is 7.63. The molecule has 0 bridgehead atoms. The van der Waals surface area contributed by atoms with Crippen LogP contribution in [0.25, 0.3) is 0 Å². The average molecular weight is 463 g/mol. The van der Waals surface area contributed by atoms with Gasteiger partial charge in [-0.25, -0.2) is 0 Å². The van der Waals surface area contributed by atoms with Crippen LogP contribution in [-0.4, -0.2) is 49.1 Å². The van der Waals surface area contributed by atoms with Crippen molar-refractivity contribution in [1.29, 1.82) is 0 Å². The van der Waals surface area contributed by atoms with Crippen molar-refractivity contribution < 1.29 is 28.5 Å². The molecule has 0 spiro atoms. The highest BCUT2D eigenvalue weighted by Gasteiger charge is 2.30. The van der Waals surface area contributed by atoms with Gasteiger partial charge in [-0.2, -0.15) is 0 Å². The van der Waals surface area contributed by atoms with Crippen molar-refractivity contribution in [3.8, 4) is 23.7 Å². The van der Waals surface area contributed by atoms with Crippen LogP contribution in [0.2, 0.25) is 0 Å². The van der Waals surface area contributed by atoms with Crippen LogP contribution in [0.5, 0.6) is 0 Å². The molecule has 0 unspecified atom stereocenters. The fourth-order valence-corrected chi connectivity index (χ4v) is 3.62. The number of carbonyl (C=O) groups excluding carboxylic acids is 2. The zero-order chi connectivity index (χ0) is 24.5. The van der Waals surface area contributed by atoms with E-state index in [0.29, 0.717) is 5.92 Å². The maximum atomic E-state index is 11.3. The number of ether oxygens (including phenoxy) is 4. The first-order valence-electron chi connectivity index (χ1n) is 11.5. The number of carbonyl (C=O) groups is 2. The SMILES string of the molecule is CC[C@H]1O[C@H](C#Cc2ccc(C#C[C@@H]3C=C[C@H](OC(C)=O)[C@@H](COC(C)=O)O3)cc2)C=C[C@@H]1C. The smallest absolute Gasteiger partial charge is 0.303 e. The van der Waals surface area contributed by atoms with E-state index in [0.717, 1.165) is 17.5 Å². The highest BCUT2D eigenvalue weighted by atomic mass is 16.6. The molecular weight excluding hydrogens is 432 g/mol. The lowest BCUT2D eigenvalue weighted by molar-refractivity contribution is -0.161. The molecule has 1 aromatic carbocycles. The summed E-state index contributed by atoms with van der Waals surface area (Å²) in [6.45, 7) is 6.88. The molecule has 0 saturated heterocycles. The molecule has 2 aliphatic heterocycles. The first-order chi connectivity index (χ1) is 16.3. The minimum absolute atomic E-state index is 0.0268. The predicted molar refractivity (Wildman–Crippen MR) is 127 cm³/mol. The molecule has 0 aliphatic carbocycles. The van der Waals surface area contributed by atoms with Crippen LogP contribution in [-0.2, 0) is 28.5 Å². The lowest BCUT2D eigenvalue weighted by atomic mass is 9.98. The Bertz CT molecular complexity index is 1050. The number of benzene rings is 1. The zero-order valence-corrected chi connectivity index (χ0v) is 19.9. The fraction of sp³-hybridized carbons (Fsp3) is 0.429. The molecule has 2 aliphatic rings. The number of rotatable bonds is 4. The standard InChI is InChI=1S/C28H30O6/c1-5-26-19(2)6-13-24(33-26)14-11-22-7-9-23(10-8-22)12-15-25-16-17-27(32-21(4)30)28(34-25)18-31-20(3)29/h6-10,13,16-17,19,24-28H,5,18H2,1-4H3/t19-,24-,25+,26+,27-,28+/m0/s1. The second-order valence-electron chi connectivity index (χ2n) is 8.22. The van der Waals surface area contributed by atoms with Crippen molar-refractivity contribution >= 4 is 11.9 Å². The monoisotopic (exact) mass is 462 g/mol. The predicted octanol–water partition coefficient (Wildman–Crippen LogP) is 3.58. The van der Waals surface area contributed by atoms with E-state index < -0.39 is 30.3 Å². The Morgan fingerprint density at radius 2 is 1.41 bits per heavy atom. The van der Waals surface area contributed by atoms with Gasteiger partial charge in [0, 0.05) is 30.9 Å². The van der Waals surface area contributed by atoms with Crippen molar-refractivity contribution in [2.24, 2.45) is 5.92 Å². The Hall–Kier alpha value is -3.32. The molecular formula is C28H30O6. The molecule has 6 heteroatoms. The van der Waals surface area contributed by atoms with E-state index in [1.165, 1.54) is 13.8 Å². The van der Waals surface area contributed by atoms with E-state index in [1.807, 2.05) is 30.3 Å². The van der Waals surface area contributed by atoms with Crippen molar-refractivity contribution in [3.63, 3.8) is 0 Å². The van der Waals surface area contributed by atoms with E-state index in [9.17, 15) is 9.59 Å². The van der Waals surface area contributed by atoms with Crippen LogP contribution in [0, 0.1) is 29.6 Å². The second-order valence-corrected chi connectivity index (χ2v) is 8.22. The topological polar surface area (TPSA) is 71.1 Å². The van der Waals surface area contributed by atoms with E-state index in [-0.39, 0.29) is 18.8 Å². The quantitative estimate of drug-likeness (QED) is 0.387. The Morgan fingerprint density at radius 1 is 0.853 bits per heavy atom. The molecule has 6 atom stereocenters. The number of esters is 2. The van der Waals surface area contributed by atoms with Gasteiger partial charge in [-0.05, 0) is 48.9 Å². The molecule has 0 radical (unpaired) electrons. The van der Waals surface area contributed by atoms with E-state index in [2.05, 4.69) is 43.6 Å². The van der Waals surface area contributed by atoms with Gasteiger partial charge < -0.3 is 18.9 Å². The summed E-state index contributed by atoms with van der Waals surface area (Å²) in [5.74, 6) is 12.0. The van der Waals surface area contributed by atoms with Crippen LogP contribution >= 0.6 is 0 Å². The molecule has 0 amide bonds. The highest BCUT2D eigenvalue weighted by molar-refractivity contribution is 5.67. The first-order valence-corrected chi connectivity index (χ1v) is 11.5. The molecule has 6 nitrogen and oxygen atoms in total. The maximum Gasteiger partial charge on any atom is 0.303 e. The molecule has 3 rings (SSSR count). The minimum atomic E-state index is -0.633. The van der Waals surface area contributed by atoms with Gasteiger partial charge in [-0.1, -0.05) is 43.6 Å². The van der Waals surface area contributed by atoms with Gasteiger partial charge in [-0.3, -0.25) is 9.59 Å². The van der Waals surface area contributed by atoms with Gasteiger partial charge in [-0.15, -0.1) is 0 Å². The van der Waals surface area contributed by atoms with Crippen LogP contribution in [0.3, 0.4) is 0 Å². The largest absolute Gasteiger partial charge is 0.463 e. The van der Waals surface area contributed by atoms with Crippen LogP contribution < -0.4 is 0 Å². The third-order valence-corrected chi connectivity index (χ3v) is 5.42. The molecule has 2 heterocycles. The number of hydrogen-bond donors (Lipinski definition) is 0. The summed E-state index contributed by atoms with van der Waals surface area (Å²) >= 11 is 0. The Balaban J connectivity index is 1.62. The third-order valence-electron chi connectivity index (χ3n) is 5.42. The van der Waals surface area contributed by atoms with Gasteiger partial charge in [0.2, 0.25) is 0 Å². The maximum absolute atomic E-state index is 11.3. The molecule has 1 aromatic rings. The molecule has 178 valence electrons. The van der Waals surface area contributed by atoms with Gasteiger partial charge >= 0.3 is 11.9 Å². The van der Waals surface area contributed by atoms with Crippen LogP contribution in [0.1, 0.15) is 45.2 Å². The summed E-state index contributed by atoms with van der Waals surface area (Å²) in [5, 5.41) is 0. The lowest BCUT2D eigenvalue weighted by Crippen LogP contribution is -2.41. The normalized spacial score (nSPS) is 27.5.